The molecule has 0 atom stereocenters. The van der Waals surface area contributed by atoms with Crippen LogP contribution >= 0.6 is 0 Å². The molecule has 1 aromatic rings. The summed E-state index contributed by atoms with van der Waals surface area (Å²) in [6, 6.07) is 4.53. The number of carboxylic acids is 1. The van der Waals surface area contributed by atoms with Gasteiger partial charge in [-0.25, -0.2) is 13.6 Å². The summed E-state index contributed by atoms with van der Waals surface area (Å²) in [5.41, 5.74) is 0.405. The number of benzene rings is 1. The van der Waals surface area contributed by atoms with Crippen LogP contribution in [0.1, 0.15) is 41.6 Å². The minimum absolute atomic E-state index is 0.0551. The number of carboxylic acid groups (broad SMARTS) is 1. The first-order valence-electron chi connectivity index (χ1n) is 6.31. The van der Waals surface area contributed by atoms with Gasteiger partial charge in [-0.15, -0.1) is 0 Å². The summed E-state index contributed by atoms with van der Waals surface area (Å²) < 4.78 is 26.1. The maximum atomic E-state index is 13.1. The molecule has 0 radical (unpaired) electrons. The number of alkyl halides is 2. The van der Waals surface area contributed by atoms with Crippen LogP contribution in [0.5, 0.6) is 5.75 Å². The van der Waals surface area contributed by atoms with Gasteiger partial charge in [-0.3, -0.25) is 0 Å². The molecule has 0 spiro atoms. The summed E-state index contributed by atoms with van der Waals surface area (Å²) in [6.45, 7) is 0. The highest BCUT2D eigenvalue weighted by Crippen LogP contribution is 2.38. The molecule has 1 aliphatic carbocycles. The minimum Gasteiger partial charge on any atom is -0.507 e. The van der Waals surface area contributed by atoms with Crippen molar-refractivity contribution in [3.05, 3.63) is 29.3 Å². The van der Waals surface area contributed by atoms with E-state index in [9.17, 15) is 18.7 Å². The van der Waals surface area contributed by atoms with E-state index in [0.717, 1.165) is 0 Å². The van der Waals surface area contributed by atoms with Crippen LogP contribution in [0.3, 0.4) is 0 Å². The smallest absolute Gasteiger partial charge is 0.339 e. The fourth-order valence-electron chi connectivity index (χ4n) is 2.62. The molecule has 19 heavy (non-hydrogen) atoms. The van der Waals surface area contributed by atoms with Gasteiger partial charge in [-0.1, -0.05) is 12.1 Å². The summed E-state index contributed by atoms with van der Waals surface area (Å²) >= 11 is 0. The molecule has 1 aliphatic rings. The van der Waals surface area contributed by atoms with E-state index in [2.05, 4.69) is 0 Å². The molecule has 0 heterocycles. The summed E-state index contributed by atoms with van der Waals surface area (Å²) in [7, 11) is 0. The predicted octanol–water partition coefficient (Wildman–Crippen LogP) is 3.46. The standard InChI is InChI=1S/C14H16F2O3/c15-14(16)6-4-9(5-7-14)8-10-2-1-3-11(17)12(10)13(18)19/h1-3,9,17H,4-8H2,(H,18,19). The van der Waals surface area contributed by atoms with Crippen molar-refractivity contribution in [3.8, 4) is 5.75 Å². The molecule has 104 valence electrons. The predicted molar refractivity (Wildman–Crippen MR) is 65.7 cm³/mol. The van der Waals surface area contributed by atoms with E-state index in [1.165, 1.54) is 6.07 Å². The Kier molecular flexibility index (Phi) is 3.73. The lowest BCUT2D eigenvalue weighted by Gasteiger charge is -2.28. The summed E-state index contributed by atoms with van der Waals surface area (Å²) in [5, 5.41) is 18.7. The maximum Gasteiger partial charge on any atom is 0.339 e. The summed E-state index contributed by atoms with van der Waals surface area (Å²) in [4.78, 5) is 11.1. The largest absolute Gasteiger partial charge is 0.507 e. The van der Waals surface area contributed by atoms with Gasteiger partial charge < -0.3 is 10.2 Å². The van der Waals surface area contributed by atoms with Crippen LogP contribution in [0, 0.1) is 5.92 Å². The highest BCUT2D eigenvalue weighted by Gasteiger charge is 2.35. The van der Waals surface area contributed by atoms with E-state index in [1.54, 1.807) is 12.1 Å². The molecule has 1 saturated carbocycles. The van der Waals surface area contributed by atoms with E-state index in [-0.39, 0.29) is 30.1 Å². The van der Waals surface area contributed by atoms with E-state index in [4.69, 9.17) is 5.11 Å². The Labute approximate surface area is 109 Å². The summed E-state index contributed by atoms with van der Waals surface area (Å²) in [6.07, 6.45) is 0.924. The first-order valence-corrected chi connectivity index (χ1v) is 6.31. The molecule has 2 N–H and O–H groups in total. The lowest BCUT2D eigenvalue weighted by Crippen LogP contribution is -2.25. The molecule has 2 rings (SSSR count). The monoisotopic (exact) mass is 270 g/mol. The highest BCUT2D eigenvalue weighted by molar-refractivity contribution is 5.92. The van der Waals surface area contributed by atoms with Gasteiger partial charge in [0.05, 0.1) is 0 Å². The molecule has 1 fully saturated rings. The van der Waals surface area contributed by atoms with Crippen LogP contribution in [0.2, 0.25) is 0 Å². The topological polar surface area (TPSA) is 57.5 Å². The number of aromatic hydroxyl groups is 1. The third-order valence-electron chi connectivity index (χ3n) is 3.69. The Morgan fingerprint density at radius 1 is 1.32 bits per heavy atom. The number of hydrogen-bond donors (Lipinski definition) is 2. The maximum absolute atomic E-state index is 13.1. The number of halogens is 2. The van der Waals surface area contributed by atoms with Gasteiger partial charge in [0.25, 0.3) is 0 Å². The second-order valence-electron chi connectivity index (χ2n) is 5.12. The second kappa shape index (κ2) is 5.15. The number of carbonyl (C=O) groups is 1. The van der Waals surface area contributed by atoms with Crippen LogP contribution < -0.4 is 0 Å². The lowest BCUT2D eigenvalue weighted by atomic mass is 9.82. The van der Waals surface area contributed by atoms with Gasteiger partial charge in [-0.05, 0) is 36.8 Å². The van der Waals surface area contributed by atoms with Gasteiger partial charge in [0.15, 0.2) is 0 Å². The molecule has 0 aromatic heterocycles. The van der Waals surface area contributed by atoms with Gasteiger partial charge in [0.1, 0.15) is 11.3 Å². The zero-order chi connectivity index (χ0) is 14.0. The van der Waals surface area contributed by atoms with Crippen molar-refractivity contribution >= 4 is 5.97 Å². The third kappa shape index (κ3) is 3.22. The SMILES string of the molecule is O=C(O)c1c(O)cccc1CC1CCC(F)(F)CC1. The minimum atomic E-state index is -2.58. The van der Waals surface area contributed by atoms with Crippen molar-refractivity contribution < 1.29 is 23.8 Å². The fourth-order valence-corrected chi connectivity index (χ4v) is 2.62. The molecule has 0 unspecified atom stereocenters. The van der Waals surface area contributed by atoms with E-state index < -0.39 is 11.9 Å². The molecule has 0 amide bonds. The number of phenols is 1. The Morgan fingerprint density at radius 2 is 1.95 bits per heavy atom. The van der Waals surface area contributed by atoms with Crippen molar-refractivity contribution in [1.82, 2.24) is 0 Å². The molecule has 5 heteroatoms. The molecular formula is C14H16F2O3. The number of rotatable bonds is 3. The van der Waals surface area contributed by atoms with Gasteiger partial charge in [0, 0.05) is 12.8 Å². The quantitative estimate of drug-likeness (QED) is 0.884. The zero-order valence-corrected chi connectivity index (χ0v) is 10.4. The molecule has 0 aliphatic heterocycles. The Morgan fingerprint density at radius 3 is 2.53 bits per heavy atom. The van der Waals surface area contributed by atoms with Crippen LogP contribution in [-0.4, -0.2) is 22.1 Å². The van der Waals surface area contributed by atoms with Crippen molar-refractivity contribution in [2.24, 2.45) is 5.92 Å². The van der Waals surface area contributed by atoms with Crippen LogP contribution in [0.15, 0.2) is 18.2 Å². The zero-order valence-electron chi connectivity index (χ0n) is 10.4. The fraction of sp³-hybridized carbons (Fsp3) is 0.500. The van der Waals surface area contributed by atoms with Crippen molar-refractivity contribution in [2.45, 2.75) is 38.0 Å². The molecular weight excluding hydrogens is 254 g/mol. The van der Waals surface area contributed by atoms with Crippen LogP contribution in [0.25, 0.3) is 0 Å². The molecule has 0 bridgehead atoms. The van der Waals surface area contributed by atoms with Crippen molar-refractivity contribution in [1.29, 1.82) is 0 Å². The first-order chi connectivity index (χ1) is 8.89. The van der Waals surface area contributed by atoms with Crippen LogP contribution in [0.4, 0.5) is 8.78 Å². The Balaban J connectivity index is 2.12. The van der Waals surface area contributed by atoms with E-state index in [1.807, 2.05) is 0 Å². The van der Waals surface area contributed by atoms with Crippen molar-refractivity contribution in [2.75, 3.05) is 0 Å². The summed E-state index contributed by atoms with van der Waals surface area (Å²) in [5.74, 6) is -3.98. The van der Waals surface area contributed by atoms with Gasteiger partial charge in [0.2, 0.25) is 5.92 Å². The second-order valence-corrected chi connectivity index (χ2v) is 5.12. The third-order valence-corrected chi connectivity index (χ3v) is 3.69. The lowest BCUT2D eigenvalue weighted by molar-refractivity contribution is -0.0456. The van der Waals surface area contributed by atoms with E-state index in [0.29, 0.717) is 24.8 Å². The Bertz CT molecular complexity index is 476. The average Bonchev–Trinajstić information content (AvgIpc) is 2.31. The highest BCUT2D eigenvalue weighted by atomic mass is 19.3. The molecule has 0 saturated heterocycles. The average molecular weight is 270 g/mol. The number of aromatic carboxylic acids is 1. The van der Waals surface area contributed by atoms with Gasteiger partial charge in [-0.2, -0.15) is 0 Å². The first kappa shape index (κ1) is 13.8. The van der Waals surface area contributed by atoms with Gasteiger partial charge >= 0.3 is 5.97 Å². The van der Waals surface area contributed by atoms with Crippen molar-refractivity contribution in [3.63, 3.8) is 0 Å². The molecule has 3 nitrogen and oxygen atoms in total. The Hall–Kier alpha value is -1.65. The molecule has 1 aromatic carbocycles. The van der Waals surface area contributed by atoms with E-state index >= 15 is 0 Å². The number of hydrogen-bond acceptors (Lipinski definition) is 2. The van der Waals surface area contributed by atoms with Crippen LogP contribution in [-0.2, 0) is 6.42 Å². The normalized spacial score (nSPS) is 19.3.